The van der Waals surface area contributed by atoms with Crippen LogP contribution in [0.1, 0.15) is 37.3 Å². The predicted molar refractivity (Wildman–Crippen MR) is 98.1 cm³/mol. The minimum Gasteiger partial charge on any atom is -0.658 e. The molecule has 2 aromatic rings. The lowest BCUT2D eigenvalue weighted by molar-refractivity contribution is 0.194. The van der Waals surface area contributed by atoms with Crippen LogP contribution in [-0.4, -0.2) is 18.1 Å². The summed E-state index contributed by atoms with van der Waals surface area (Å²) in [5.74, 6) is 1.34. The van der Waals surface area contributed by atoms with Gasteiger partial charge in [0, 0.05) is 17.1 Å². The third kappa shape index (κ3) is 1.79. The van der Waals surface area contributed by atoms with Crippen molar-refractivity contribution in [2.75, 3.05) is 7.05 Å². The van der Waals surface area contributed by atoms with E-state index in [1.807, 2.05) is 7.05 Å². The number of aromatic nitrogens is 1. The number of rotatable bonds is 2. The summed E-state index contributed by atoms with van der Waals surface area (Å²) in [5.41, 5.74) is 5.50. The van der Waals surface area contributed by atoms with Crippen molar-refractivity contribution in [2.45, 2.75) is 37.6 Å². The molecule has 2 aliphatic rings. The molecule has 4 rings (SSSR count). The molecule has 1 N–H and O–H groups in total. The highest BCUT2D eigenvalue weighted by Crippen LogP contribution is 2.58. The fourth-order valence-electron chi connectivity index (χ4n) is 5.16. The lowest BCUT2D eigenvalue weighted by Gasteiger charge is -2.56. The second kappa shape index (κ2) is 4.85. The maximum atomic E-state index is 4.75. The van der Waals surface area contributed by atoms with Gasteiger partial charge in [0.05, 0.1) is 0 Å². The van der Waals surface area contributed by atoms with Crippen LogP contribution in [0.15, 0.2) is 49.2 Å². The fourth-order valence-corrected chi connectivity index (χ4v) is 5.16. The van der Waals surface area contributed by atoms with Crippen LogP contribution in [0.2, 0.25) is 0 Å². The average Bonchev–Trinajstić information content (AvgIpc) is 2.97. The van der Waals surface area contributed by atoms with E-state index in [1.54, 1.807) is 0 Å². The third-order valence-corrected chi connectivity index (χ3v) is 6.42. The number of hydrogen-bond donors (Lipinski definition) is 1. The number of likely N-dealkylation sites (N-methyl/N-ethyl adjacent to an activating group) is 1. The molecule has 0 radical (unpaired) electrons. The Morgan fingerprint density at radius 3 is 2.83 bits per heavy atom. The second-order valence-corrected chi connectivity index (χ2v) is 7.68. The lowest BCUT2D eigenvalue weighted by atomic mass is 9.53. The fraction of sp³-hybridized carbons (Fsp3) is 0.429. The summed E-state index contributed by atoms with van der Waals surface area (Å²) in [6, 6.07) is 6.85. The smallest absolute Gasteiger partial charge is 0.0459 e. The highest BCUT2D eigenvalue weighted by Gasteiger charge is 2.48. The Bertz CT molecular complexity index is 795. The Morgan fingerprint density at radius 2 is 2.13 bits per heavy atom. The van der Waals surface area contributed by atoms with Gasteiger partial charge in [0.15, 0.2) is 0 Å². The number of aromatic amines is 1. The Hall–Kier alpha value is -1.80. The molecule has 0 aliphatic heterocycles. The molecule has 0 saturated heterocycles. The standard InChI is InChI=1S/C21H25N2/c1-6-13-10-16-19(20(22-5)12(13)2)14-11-23-17-9-7-8-15(18(14)17)21(16,3)4/h6-9,11,13,16,19-20,23H,1-2,10H2,3-5H3/q-1/t13-,16+,19-,20-/m0/s1. The number of hydrogen-bond acceptors (Lipinski definition) is 0. The van der Waals surface area contributed by atoms with E-state index in [0.717, 1.165) is 6.42 Å². The third-order valence-electron chi connectivity index (χ3n) is 6.42. The molecule has 2 nitrogen and oxygen atoms in total. The number of fused-ring (bicyclic) bond motifs is 2. The Morgan fingerprint density at radius 1 is 1.35 bits per heavy atom. The first-order chi connectivity index (χ1) is 11.0. The first kappa shape index (κ1) is 14.8. The van der Waals surface area contributed by atoms with Gasteiger partial charge in [-0.15, -0.1) is 19.2 Å². The van der Waals surface area contributed by atoms with Gasteiger partial charge < -0.3 is 10.3 Å². The van der Waals surface area contributed by atoms with E-state index >= 15 is 0 Å². The minimum absolute atomic E-state index is 0.129. The van der Waals surface area contributed by atoms with Crippen LogP contribution in [0.5, 0.6) is 0 Å². The first-order valence-electron chi connectivity index (χ1n) is 8.51. The van der Waals surface area contributed by atoms with Gasteiger partial charge in [0.1, 0.15) is 0 Å². The van der Waals surface area contributed by atoms with Crippen molar-refractivity contribution in [3.05, 3.63) is 65.6 Å². The number of allylic oxidation sites excluding steroid dienone is 1. The number of nitrogens with one attached hydrogen (secondary N) is 1. The van der Waals surface area contributed by atoms with E-state index < -0.39 is 0 Å². The highest BCUT2D eigenvalue weighted by molar-refractivity contribution is 5.89. The molecule has 1 fully saturated rings. The van der Waals surface area contributed by atoms with Gasteiger partial charge in [-0.1, -0.05) is 37.6 Å². The highest BCUT2D eigenvalue weighted by atomic mass is 14.9. The van der Waals surface area contributed by atoms with Crippen molar-refractivity contribution < 1.29 is 0 Å². The van der Waals surface area contributed by atoms with Crippen molar-refractivity contribution in [3.63, 3.8) is 0 Å². The zero-order chi connectivity index (χ0) is 16.4. The van der Waals surface area contributed by atoms with Crippen LogP contribution >= 0.6 is 0 Å². The quantitative estimate of drug-likeness (QED) is 0.730. The normalized spacial score (nSPS) is 31.9. The summed E-state index contributed by atoms with van der Waals surface area (Å²) in [4.78, 5) is 3.48. The second-order valence-electron chi connectivity index (χ2n) is 7.68. The van der Waals surface area contributed by atoms with Gasteiger partial charge >= 0.3 is 0 Å². The van der Waals surface area contributed by atoms with Gasteiger partial charge in [-0.05, 0) is 46.8 Å². The molecule has 4 atom stereocenters. The molecule has 0 bridgehead atoms. The van der Waals surface area contributed by atoms with Gasteiger partial charge in [0.25, 0.3) is 0 Å². The molecule has 0 spiro atoms. The number of nitrogens with zero attached hydrogens (tertiary/aromatic N) is 1. The molecule has 1 aromatic heterocycles. The van der Waals surface area contributed by atoms with E-state index in [2.05, 4.69) is 62.5 Å². The van der Waals surface area contributed by atoms with E-state index in [9.17, 15) is 0 Å². The maximum absolute atomic E-state index is 4.75. The van der Waals surface area contributed by atoms with E-state index in [1.165, 1.54) is 27.6 Å². The Balaban J connectivity index is 1.99. The summed E-state index contributed by atoms with van der Waals surface area (Å²) in [6.07, 6.45) is 5.40. The Kier molecular flexibility index (Phi) is 3.11. The van der Waals surface area contributed by atoms with Crippen LogP contribution in [0, 0.1) is 11.8 Å². The van der Waals surface area contributed by atoms with Crippen LogP contribution in [0.25, 0.3) is 16.2 Å². The van der Waals surface area contributed by atoms with Crippen molar-refractivity contribution in [1.82, 2.24) is 4.98 Å². The Labute approximate surface area is 138 Å². The van der Waals surface area contributed by atoms with Crippen molar-refractivity contribution >= 4 is 10.9 Å². The van der Waals surface area contributed by atoms with Gasteiger partial charge in [-0.2, -0.15) is 7.05 Å². The zero-order valence-electron chi connectivity index (χ0n) is 14.3. The summed E-state index contributed by atoms with van der Waals surface area (Å²) in [5, 5.41) is 6.17. The largest absolute Gasteiger partial charge is 0.658 e. The molecular weight excluding hydrogens is 280 g/mol. The van der Waals surface area contributed by atoms with Gasteiger partial charge in [-0.25, -0.2) is 0 Å². The van der Waals surface area contributed by atoms with Crippen LogP contribution in [0.4, 0.5) is 0 Å². The lowest BCUT2D eigenvalue weighted by Crippen LogP contribution is -2.46. The summed E-state index contributed by atoms with van der Waals surface area (Å²) < 4.78 is 0. The summed E-state index contributed by atoms with van der Waals surface area (Å²) in [6.45, 7) is 13.2. The molecular formula is C21H25N2-. The molecule has 120 valence electrons. The zero-order valence-corrected chi connectivity index (χ0v) is 14.3. The van der Waals surface area contributed by atoms with Crippen LogP contribution in [-0.2, 0) is 5.41 Å². The molecule has 1 saturated carbocycles. The van der Waals surface area contributed by atoms with Crippen LogP contribution in [0.3, 0.4) is 0 Å². The van der Waals surface area contributed by atoms with E-state index in [4.69, 9.17) is 5.32 Å². The topological polar surface area (TPSA) is 29.9 Å². The summed E-state index contributed by atoms with van der Waals surface area (Å²) >= 11 is 0. The SMILES string of the molecule is C=C[C@H]1C[C@@H]2[C@H](c3c[nH]c4cccc(c34)C2(C)C)[C@@H]([N-]C)C1=C. The monoisotopic (exact) mass is 305 g/mol. The van der Waals surface area contributed by atoms with Crippen LogP contribution < -0.4 is 0 Å². The predicted octanol–water partition coefficient (Wildman–Crippen LogP) is 5.29. The maximum Gasteiger partial charge on any atom is 0.0459 e. The molecule has 0 unspecified atom stereocenters. The van der Waals surface area contributed by atoms with Crippen molar-refractivity contribution in [2.24, 2.45) is 11.8 Å². The minimum atomic E-state index is 0.129. The molecule has 1 aromatic carbocycles. The van der Waals surface area contributed by atoms with E-state index in [-0.39, 0.29) is 11.5 Å². The first-order valence-corrected chi connectivity index (χ1v) is 8.51. The molecule has 0 amide bonds. The molecule has 2 heteroatoms. The number of benzene rings is 1. The number of H-pyrrole nitrogens is 1. The van der Waals surface area contributed by atoms with Gasteiger partial charge in [-0.3, -0.25) is 0 Å². The summed E-state index contributed by atoms with van der Waals surface area (Å²) in [7, 11) is 1.94. The molecule has 1 heterocycles. The van der Waals surface area contributed by atoms with Gasteiger partial charge in [0.2, 0.25) is 0 Å². The molecule has 23 heavy (non-hydrogen) atoms. The molecule has 2 aliphatic carbocycles. The van der Waals surface area contributed by atoms with Crippen molar-refractivity contribution in [3.8, 4) is 0 Å². The van der Waals surface area contributed by atoms with Crippen molar-refractivity contribution in [1.29, 1.82) is 0 Å². The van der Waals surface area contributed by atoms with E-state index in [0.29, 0.717) is 17.8 Å². The average molecular weight is 305 g/mol.